The van der Waals surface area contributed by atoms with Gasteiger partial charge >= 0.3 is 0 Å². The van der Waals surface area contributed by atoms with E-state index >= 15 is 0 Å². The minimum atomic E-state index is -3.85. The molecule has 1 amide bonds. The summed E-state index contributed by atoms with van der Waals surface area (Å²) < 4.78 is 37.9. The molecule has 0 unspecified atom stereocenters. The fourth-order valence-corrected chi connectivity index (χ4v) is 5.02. The lowest BCUT2D eigenvalue weighted by atomic mass is 10.2. The monoisotopic (exact) mass is 462 g/mol. The van der Waals surface area contributed by atoms with Crippen molar-refractivity contribution < 1.29 is 27.6 Å². The van der Waals surface area contributed by atoms with E-state index < -0.39 is 14.9 Å². The molecule has 0 spiro atoms. The van der Waals surface area contributed by atoms with Crippen LogP contribution in [-0.2, 0) is 14.8 Å². The number of hydrogen-bond donors (Lipinski definition) is 1. The number of rotatable bonds is 6. The third kappa shape index (κ3) is 4.82. The summed E-state index contributed by atoms with van der Waals surface area (Å²) in [6.07, 6.45) is 0. The Morgan fingerprint density at radius 3 is 2.47 bits per heavy atom. The van der Waals surface area contributed by atoms with Gasteiger partial charge in [-0.15, -0.1) is 0 Å². The van der Waals surface area contributed by atoms with Crippen LogP contribution in [0.5, 0.6) is 11.5 Å². The first-order valence-corrected chi connectivity index (χ1v) is 11.4. The van der Waals surface area contributed by atoms with Crippen molar-refractivity contribution in [1.29, 1.82) is 0 Å². The lowest BCUT2D eigenvalue weighted by Crippen LogP contribution is -2.50. The van der Waals surface area contributed by atoms with Crippen LogP contribution in [0.25, 0.3) is 0 Å². The Hall–Kier alpha value is -3.22. The highest BCUT2D eigenvalue weighted by molar-refractivity contribution is 7.89. The number of carbonyl (C=O) groups is 1. The number of fused-ring (bicyclic) bond motifs is 1. The Balaban J connectivity index is 1.32. The van der Waals surface area contributed by atoms with E-state index in [-0.39, 0.29) is 36.1 Å². The molecule has 2 aromatic carbocycles. The maximum Gasteiger partial charge on any atom is 0.270 e. The summed E-state index contributed by atoms with van der Waals surface area (Å²) in [5, 5.41) is 13.8. The number of amides is 1. The molecule has 4 rings (SSSR count). The SMILES string of the molecule is O=C(CN1CCN(S(=O)(=O)c2cccc([N+](=O)[O-])c2)CC1)Nc1ccc2c(c1)OCCO2. The number of ether oxygens (including phenoxy) is 2. The minimum absolute atomic E-state index is 0.110. The summed E-state index contributed by atoms with van der Waals surface area (Å²) >= 11 is 0. The molecule has 0 aromatic heterocycles. The zero-order valence-corrected chi connectivity index (χ0v) is 17.9. The number of nitro benzene ring substituents is 1. The van der Waals surface area contributed by atoms with Crippen LogP contribution in [0.15, 0.2) is 47.4 Å². The fourth-order valence-electron chi connectivity index (χ4n) is 3.56. The van der Waals surface area contributed by atoms with E-state index in [9.17, 15) is 23.3 Å². The van der Waals surface area contributed by atoms with E-state index in [4.69, 9.17) is 9.47 Å². The van der Waals surface area contributed by atoms with Gasteiger partial charge in [0.1, 0.15) is 13.2 Å². The second-order valence-electron chi connectivity index (χ2n) is 7.34. The van der Waals surface area contributed by atoms with Gasteiger partial charge in [-0.05, 0) is 18.2 Å². The summed E-state index contributed by atoms with van der Waals surface area (Å²) in [6.45, 7) is 2.14. The molecule has 2 aliphatic heterocycles. The molecule has 1 N–H and O–H groups in total. The minimum Gasteiger partial charge on any atom is -0.486 e. The van der Waals surface area contributed by atoms with Crippen molar-refractivity contribution in [3.05, 3.63) is 52.6 Å². The third-order valence-corrected chi connectivity index (χ3v) is 7.09. The molecule has 12 heteroatoms. The maximum atomic E-state index is 12.8. The fraction of sp³-hybridized carbons (Fsp3) is 0.350. The molecule has 0 radical (unpaired) electrons. The average molecular weight is 462 g/mol. The van der Waals surface area contributed by atoms with Gasteiger partial charge < -0.3 is 14.8 Å². The first-order valence-electron chi connectivity index (χ1n) is 9.99. The summed E-state index contributed by atoms with van der Waals surface area (Å²) in [5.41, 5.74) is 0.312. The van der Waals surface area contributed by atoms with Crippen LogP contribution < -0.4 is 14.8 Å². The number of nitro groups is 1. The highest BCUT2D eigenvalue weighted by atomic mass is 32.2. The molecule has 2 aliphatic rings. The Morgan fingerprint density at radius 2 is 1.75 bits per heavy atom. The zero-order valence-electron chi connectivity index (χ0n) is 17.1. The van der Waals surface area contributed by atoms with E-state index in [1.54, 1.807) is 18.2 Å². The molecule has 32 heavy (non-hydrogen) atoms. The van der Waals surface area contributed by atoms with Crippen LogP contribution >= 0.6 is 0 Å². The normalized spacial score (nSPS) is 17.0. The number of nitrogens with one attached hydrogen (secondary N) is 1. The summed E-state index contributed by atoms with van der Waals surface area (Å²) in [7, 11) is -3.85. The van der Waals surface area contributed by atoms with E-state index in [1.165, 1.54) is 22.5 Å². The number of piperazine rings is 1. The van der Waals surface area contributed by atoms with Gasteiger partial charge in [0.2, 0.25) is 15.9 Å². The highest BCUT2D eigenvalue weighted by Gasteiger charge is 2.30. The van der Waals surface area contributed by atoms with Gasteiger partial charge in [0.05, 0.1) is 16.4 Å². The molecule has 0 aliphatic carbocycles. The number of sulfonamides is 1. The quantitative estimate of drug-likeness (QED) is 0.502. The van der Waals surface area contributed by atoms with Gasteiger partial charge in [-0.1, -0.05) is 6.07 Å². The molecule has 1 fully saturated rings. The van der Waals surface area contributed by atoms with Gasteiger partial charge in [-0.25, -0.2) is 8.42 Å². The van der Waals surface area contributed by atoms with Crippen molar-refractivity contribution >= 4 is 27.3 Å². The van der Waals surface area contributed by atoms with Gasteiger partial charge in [-0.3, -0.25) is 19.8 Å². The molecule has 0 saturated carbocycles. The van der Waals surface area contributed by atoms with Crippen LogP contribution in [0.4, 0.5) is 11.4 Å². The van der Waals surface area contributed by atoms with Crippen molar-refractivity contribution in [1.82, 2.24) is 9.21 Å². The van der Waals surface area contributed by atoms with E-state index in [2.05, 4.69) is 5.32 Å². The molecular weight excluding hydrogens is 440 g/mol. The van der Waals surface area contributed by atoms with Crippen molar-refractivity contribution in [2.45, 2.75) is 4.90 Å². The number of carbonyl (C=O) groups excluding carboxylic acids is 1. The smallest absolute Gasteiger partial charge is 0.270 e. The summed E-state index contributed by atoms with van der Waals surface area (Å²) in [6, 6.07) is 10.2. The van der Waals surface area contributed by atoms with Crippen molar-refractivity contribution in [3.63, 3.8) is 0 Å². The molecule has 170 valence electrons. The Labute approximate surface area is 184 Å². The van der Waals surface area contributed by atoms with Gasteiger partial charge in [0.25, 0.3) is 5.69 Å². The third-order valence-electron chi connectivity index (χ3n) is 5.19. The molecule has 1 saturated heterocycles. The van der Waals surface area contributed by atoms with Crippen molar-refractivity contribution in [2.75, 3.05) is 51.3 Å². The summed E-state index contributed by atoms with van der Waals surface area (Å²) in [5.74, 6) is 0.987. The Bertz CT molecular complexity index is 1130. The number of nitrogens with zero attached hydrogens (tertiary/aromatic N) is 3. The first-order chi connectivity index (χ1) is 15.3. The number of hydrogen-bond acceptors (Lipinski definition) is 8. The molecule has 0 atom stereocenters. The second kappa shape index (κ2) is 9.10. The van der Waals surface area contributed by atoms with E-state index in [0.717, 1.165) is 6.07 Å². The highest BCUT2D eigenvalue weighted by Crippen LogP contribution is 2.32. The maximum absolute atomic E-state index is 12.8. The van der Waals surface area contributed by atoms with Crippen molar-refractivity contribution in [3.8, 4) is 11.5 Å². The van der Waals surface area contributed by atoms with Gasteiger partial charge in [0.15, 0.2) is 11.5 Å². The van der Waals surface area contributed by atoms with Crippen LogP contribution in [0.2, 0.25) is 0 Å². The first kappa shape index (κ1) is 22.0. The Kier molecular flexibility index (Phi) is 6.26. The van der Waals surface area contributed by atoms with Gasteiger partial charge in [0, 0.05) is 50.1 Å². The number of anilines is 1. The molecule has 2 aromatic rings. The standard InChI is InChI=1S/C20H22N4O7S/c25-20(21-15-4-5-18-19(12-15)31-11-10-30-18)14-22-6-8-23(9-7-22)32(28,29)17-3-1-2-16(13-17)24(26)27/h1-5,12-13H,6-11,14H2,(H,21,25). The lowest BCUT2D eigenvalue weighted by molar-refractivity contribution is -0.385. The predicted octanol–water partition coefficient (Wildman–Crippen LogP) is 1.31. The molecule has 0 bridgehead atoms. The van der Waals surface area contributed by atoms with E-state index in [0.29, 0.717) is 43.5 Å². The number of benzene rings is 2. The summed E-state index contributed by atoms with van der Waals surface area (Å²) in [4.78, 5) is 24.5. The lowest BCUT2D eigenvalue weighted by Gasteiger charge is -2.33. The molecule has 11 nitrogen and oxygen atoms in total. The van der Waals surface area contributed by atoms with Gasteiger partial charge in [-0.2, -0.15) is 4.31 Å². The predicted molar refractivity (Wildman–Crippen MR) is 114 cm³/mol. The average Bonchev–Trinajstić information content (AvgIpc) is 2.79. The van der Waals surface area contributed by atoms with Crippen LogP contribution in [0.3, 0.4) is 0 Å². The van der Waals surface area contributed by atoms with Crippen LogP contribution in [0.1, 0.15) is 0 Å². The van der Waals surface area contributed by atoms with Crippen LogP contribution in [-0.4, -0.2) is 74.4 Å². The van der Waals surface area contributed by atoms with Crippen molar-refractivity contribution in [2.24, 2.45) is 0 Å². The van der Waals surface area contributed by atoms with E-state index in [1.807, 2.05) is 4.90 Å². The largest absolute Gasteiger partial charge is 0.486 e. The zero-order chi connectivity index (χ0) is 22.7. The number of non-ortho nitro benzene ring substituents is 1. The topological polar surface area (TPSA) is 131 Å². The van der Waals surface area contributed by atoms with Crippen LogP contribution in [0, 0.1) is 10.1 Å². The molecule has 2 heterocycles. The molecular formula is C20H22N4O7S. The second-order valence-corrected chi connectivity index (χ2v) is 9.28. The Morgan fingerprint density at radius 1 is 1.03 bits per heavy atom.